The standard InChI is InChI=1S/C14H19NO4/c1-10(2)6-15(8-14(16)17)7-11-3-4-12-13(5-11)19-9-18-12/h3-5,10H,6-9H2,1-2H3,(H,16,17). The first-order valence-corrected chi connectivity index (χ1v) is 6.46. The molecule has 1 atom stereocenters. The number of carboxylic acids is 1. The quantitative estimate of drug-likeness (QED) is 0.732. The van der Waals surface area contributed by atoms with Crippen molar-refractivity contribution in [2.45, 2.75) is 20.4 Å². The Morgan fingerprint density at radius 2 is 2.11 bits per heavy atom. The molecule has 0 saturated heterocycles. The average Bonchev–Trinajstić information content (AvgIpc) is 2.74. The van der Waals surface area contributed by atoms with Crippen LogP contribution in [0.4, 0.5) is 0 Å². The van der Waals surface area contributed by atoms with E-state index in [2.05, 4.69) is 13.8 Å². The highest BCUT2D eigenvalue weighted by Gasteiger charge is 2.17. The molecule has 19 heavy (non-hydrogen) atoms. The van der Waals surface area contributed by atoms with E-state index in [1.54, 1.807) is 0 Å². The van der Waals surface area contributed by atoms with Crippen molar-refractivity contribution in [2.24, 2.45) is 5.92 Å². The molecule has 104 valence electrons. The molecule has 0 spiro atoms. The average molecular weight is 265 g/mol. The van der Waals surface area contributed by atoms with Crippen LogP contribution in [0.15, 0.2) is 18.2 Å². The van der Waals surface area contributed by atoms with Crippen molar-refractivity contribution in [2.75, 3.05) is 19.9 Å². The van der Waals surface area contributed by atoms with Crippen molar-refractivity contribution < 1.29 is 24.3 Å². The van der Waals surface area contributed by atoms with Gasteiger partial charge in [0.25, 0.3) is 0 Å². The van der Waals surface area contributed by atoms with Gasteiger partial charge in [-0.1, -0.05) is 13.8 Å². The summed E-state index contributed by atoms with van der Waals surface area (Å²) in [5, 5.41) is 10.8. The highest BCUT2D eigenvalue weighted by molar-refractivity contribution is 5.65. The van der Waals surface area contributed by atoms with Crippen molar-refractivity contribution in [3.05, 3.63) is 23.8 Å². The lowest BCUT2D eigenvalue weighted by Crippen LogP contribution is -3.12. The number of carbonyl (C=O) groups is 1. The lowest BCUT2D eigenvalue weighted by molar-refractivity contribution is -0.911. The van der Waals surface area contributed by atoms with Gasteiger partial charge in [-0.2, -0.15) is 0 Å². The van der Waals surface area contributed by atoms with Crippen LogP contribution in [0.2, 0.25) is 0 Å². The first kappa shape index (κ1) is 13.7. The number of carboxylic acid groups (broad SMARTS) is 1. The van der Waals surface area contributed by atoms with E-state index in [0.717, 1.165) is 28.5 Å². The van der Waals surface area contributed by atoms with Crippen LogP contribution >= 0.6 is 0 Å². The van der Waals surface area contributed by atoms with Gasteiger partial charge in [-0.3, -0.25) is 0 Å². The minimum Gasteiger partial charge on any atom is -0.544 e. The maximum atomic E-state index is 10.8. The molecule has 1 N–H and O–H groups in total. The van der Waals surface area contributed by atoms with E-state index >= 15 is 0 Å². The number of hydrogen-bond acceptors (Lipinski definition) is 4. The van der Waals surface area contributed by atoms with Gasteiger partial charge in [0.2, 0.25) is 6.79 Å². The summed E-state index contributed by atoms with van der Waals surface area (Å²) in [6.45, 7) is 5.86. The summed E-state index contributed by atoms with van der Waals surface area (Å²) in [7, 11) is 0. The van der Waals surface area contributed by atoms with Crippen molar-refractivity contribution in [3.8, 4) is 11.5 Å². The van der Waals surface area contributed by atoms with Crippen molar-refractivity contribution in [1.29, 1.82) is 0 Å². The van der Waals surface area contributed by atoms with E-state index in [9.17, 15) is 9.90 Å². The third kappa shape index (κ3) is 3.86. The molecule has 0 aromatic heterocycles. The lowest BCUT2D eigenvalue weighted by Gasteiger charge is -2.22. The number of nitrogens with one attached hydrogen (secondary N) is 1. The Hall–Kier alpha value is -1.75. The van der Waals surface area contributed by atoms with Crippen LogP contribution in [-0.2, 0) is 11.3 Å². The predicted molar refractivity (Wildman–Crippen MR) is 66.8 cm³/mol. The molecular weight excluding hydrogens is 246 g/mol. The summed E-state index contributed by atoms with van der Waals surface area (Å²) in [4.78, 5) is 11.8. The monoisotopic (exact) mass is 265 g/mol. The zero-order chi connectivity index (χ0) is 13.8. The highest BCUT2D eigenvalue weighted by Crippen LogP contribution is 2.32. The molecule has 1 aliphatic heterocycles. The number of carbonyl (C=O) groups excluding carboxylic acids is 1. The number of benzene rings is 1. The summed E-state index contributed by atoms with van der Waals surface area (Å²) >= 11 is 0. The molecule has 5 nitrogen and oxygen atoms in total. The third-order valence-corrected chi connectivity index (χ3v) is 2.98. The number of hydrogen-bond donors (Lipinski definition) is 1. The Bertz CT molecular complexity index is 459. The van der Waals surface area contributed by atoms with Gasteiger partial charge in [0.15, 0.2) is 11.5 Å². The number of quaternary nitrogens is 1. The molecule has 1 aromatic carbocycles. The SMILES string of the molecule is CC(C)C[NH+](CC(=O)[O-])Cc1ccc2c(c1)OCO2. The second-order valence-corrected chi connectivity index (χ2v) is 5.26. The van der Waals surface area contributed by atoms with Gasteiger partial charge >= 0.3 is 0 Å². The van der Waals surface area contributed by atoms with Crippen LogP contribution < -0.4 is 19.5 Å². The zero-order valence-electron chi connectivity index (χ0n) is 11.3. The molecule has 0 aliphatic carbocycles. The molecule has 5 heteroatoms. The number of rotatable bonds is 6. The molecule has 0 saturated carbocycles. The van der Waals surface area contributed by atoms with E-state index in [4.69, 9.17) is 9.47 Å². The van der Waals surface area contributed by atoms with Gasteiger partial charge in [0, 0.05) is 11.5 Å². The van der Waals surface area contributed by atoms with Crippen molar-refractivity contribution >= 4 is 5.97 Å². The number of fused-ring (bicyclic) bond motifs is 1. The summed E-state index contributed by atoms with van der Waals surface area (Å²) in [6, 6.07) is 5.73. The second-order valence-electron chi connectivity index (χ2n) is 5.26. The molecule has 0 bridgehead atoms. The van der Waals surface area contributed by atoms with E-state index in [1.165, 1.54) is 0 Å². The fraction of sp³-hybridized carbons (Fsp3) is 0.500. The Labute approximate surface area is 112 Å². The fourth-order valence-electron chi connectivity index (χ4n) is 2.33. The maximum absolute atomic E-state index is 10.8. The Morgan fingerprint density at radius 3 is 2.79 bits per heavy atom. The Kier molecular flexibility index (Phi) is 4.27. The second kappa shape index (κ2) is 5.93. The summed E-state index contributed by atoms with van der Waals surface area (Å²) in [5.41, 5.74) is 1.04. The van der Waals surface area contributed by atoms with Gasteiger partial charge < -0.3 is 24.3 Å². The van der Waals surface area contributed by atoms with Gasteiger partial charge in [-0.05, 0) is 18.2 Å². The summed E-state index contributed by atoms with van der Waals surface area (Å²) in [6.07, 6.45) is 0. The third-order valence-electron chi connectivity index (χ3n) is 2.98. The molecule has 1 aromatic rings. The summed E-state index contributed by atoms with van der Waals surface area (Å²) < 4.78 is 10.6. The molecule has 1 heterocycles. The van der Waals surface area contributed by atoms with Gasteiger partial charge in [0.05, 0.1) is 12.5 Å². The van der Waals surface area contributed by atoms with E-state index in [0.29, 0.717) is 12.5 Å². The summed E-state index contributed by atoms with van der Waals surface area (Å²) in [5.74, 6) is 0.892. The molecule has 0 amide bonds. The van der Waals surface area contributed by atoms with Gasteiger partial charge in [0.1, 0.15) is 13.1 Å². The van der Waals surface area contributed by atoms with Crippen LogP contribution in [0.25, 0.3) is 0 Å². The molecule has 0 fully saturated rings. The molecule has 1 aliphatic rings. The minimum atomic E-state index is -1.02. The minimum absolute atomic E-state index is 0.0205. The highest BCUT2D eigenvalue weighted by atomic mass is 16.7. The van der Waals surface area contributed by atoms with E-state index in [-0.39, 0.29) is 13.3 Å². The van der Waals surface area contributed by atoms with Crippen LogP contribution in [0, 0.1) is 5.92 Å². The maximum Gasteiger partial charge on any atom is 0.231 e. The molecule has 0 radical (unpaired) electrons. The number of ether oxygens (including phenoxy) is 2. The first-order chi connectivity index (χ1) is 9.04. The van der Waals surface area contributed by atoms with Gasteiger partial charge in [-0.15, -0.1) is 0 Å². The lowest BCUT2D eigenvalue weighted by atomic mass is 10.1. The molecule has 1 unspecified atom stereocenters. The zero-order valence-corrected chi connectivity index (χ0v) is 11.3. The normalized spacial score (nSPS) is 14.7. The van der Waals surface area contributed by atoms with Crippen LogP contribution in [0.5, 0.6) is 11.5 Å². The van der Waals surface area contributed by atoms with Crippen molar-refractivity contribution in [3.63, 3.8) is 0 Å². The predicted octanol–water partition coefficient (Wildman–Crippen LogP) is -0.794. The smallest absolute Gasteiger partial charge is 0.231 e. The van der Waals surface area contributed by atoms with Crippen LogP contribution in [0.3, 0.4) is 0 Å². The van der Waals surface area contributed by atoms with Gasteiger partial charge in [-0.25, -0.2) is 0 Å². The molecular formula is C14H19NO4. The van der Waals surface area contributed by atoms with E-state index in [1.807, 2.05) is 18.2 Å². The van der Waals surface area contributed by atoms with Crippen molar-refractivity contribution in [1.82, 2.24) is 0 Å². The van der Waals surface area contributed by atoms with Crippen LogP contribution in [0.1, 0.15) is 19.4 Å². The topological polar surface area (TPSA) is 63.0 Å². The van der Waals surface area contributed by atoms with E-state index < -0.39 is 5.97 Å². The molecule has 2 rings (SSSR count). The Morgan fingerprint density at radius 1 is 1.37 bits per heavy atom. The van der Waals surface area contributed by atoms with Crippen LogP contribution in [-0.4, -0.2) is 25.9 Å². The fourth-order valence-corrected chi connectivity index (χ4v) is 2.33. The first-order valence-electron chi connectivity index (χ1n) is 6.46. The largest absolute Gasteiger partial charge is 0.544 e. The number of aliphatic carboxylic acids is 1. The Balaban J connectivity index is 2.05.